The minimum absolute atomic E-state index is 0.499. The first kappa shape index (κ1) is 13.5. The molecule has 2 aromatic heterocycles. The van der Waals surface area contributed by atoms with E-state index in [9.17, 15) is 4.79 Å². The number of para-hydroxylation sites is 1. The summed E-state index contributed by atoms with van der Waals surface area (Å²) in [5, 5.41) is 17.0. The van der Waals surface area contributed by atoms with Gasteiger partial charge in [0.25, 0.3) is 0 Å². The van der Waals surface area contributed by atoms with Crippen molar-refractivity contribution in [2.75, 3.05) is 0 Å². The van der Waals surface area contributed by atoms with Crippen LogP contribution in [0.15, 0.2) is 41.7 Å². The van der Waals surface area contributed by atoms with Crippen LogP contribution in [0.3, 0.4) is 0 Å². The lowest BCUT2D eigenvalue weighted by molar-refractivity contribution is -0.136. The maximum absolute atomic E-state index is 11.0. The summed E-state index contributed by atoms with van der Waals surface area (Å²) >= 11 is 1.12. The van der Waals surface area contributed by atoms with Crippen LogP contribution in [-0.2, 0) is 4.79 Å². The van der Waals surface area contributed by atoms with Gasteiger partial charge in [0.05, 0.1) is 5.69 Å². The van der Waals surface area contributed by atoms with Crippen LogP contribution in [0.2, 0.25) is 0 Å². The highest BCUT2D eigenvalue weighted by Gasteiger charge is 2.18. The summed E-state index contributed by atoms with van der Waals surface area (Å²) in [5.74, 6) is -0.901. The first-order valence-corrected chi connectivity index (χ1v) is 7.06. The van der Waals surface area contributed by atoms with Crippen LogP contribution in [0.25, 0.3) is 16.9 Å². The molecule has 1 unspecified atom stereocenters. The molecule has 106 valence electrons. The van der Waals surface area contributed by atoms with Gasteiger partial charge in [-0.3, -0.25) is 4.79 Å². The lowest BCUT2D eigenvalue weighted by Gasteiger charge is -2.05. The molecule has 3 aromatic rings. The molecule has 0 bridgehead atoms. The summed E-state index contributed by atoms with van der Waals surface area (Å²) in [6.45, 7) is 1.60. The molecule has 1 aromatic carbocycles. The molecule has 2 heterocycles. The van der Waals surface area contributed by atoms with Gasteiger partial charge in [0.1, 0.15) is 16.6 Å². The molecule has 1 atom stereocenters. The third-order valence-electron chi connectivity index (χ3n) is 2.84. The minimum Gasteiger partial charge on any atom is -0.480 e. The van der Waals surface area contributed by atoms with Crippen molar-refractivity contribution in [3.05, 3.63) is 36.7 Å². The van der Waals surface area contributed by atoms with Gasteiger partial charge in [0.15, 0.2) is 11.2 Å². The van der Waals surface area contributed by atoms with Crippen LogP contribution >= 0.6 is 11.8 Å². The maximum atomic E-state index is 11.0. The molecule has 7 nitrogen and oxygen atoms in total. The predicted molar refractivity (Wildman–Crippen MR) is 77.4 cm³/mol. The van der Waals surface area contributed by atoms with Gasteiger partial charge >= 0.3 is 5.97 Å². The number of carboxylic acids is 1. The van der Waals surface area contributed by atoms with Gasteiger partial charge in [-0.2, -0.15) is 4.68 Å². The van der Waals surface area contributed by atoms with Crippen molar-refractivity contribution in [3.63, 3.8) is 0 Å². The summed E-state index contributed by atoms with van der Waals surface area (Å²) in [5.41, 5.74) is 1.89. The Balaban J connectivity index is 2.06. The number of nitrogens with zero attached hydrogens (tertiary/aromatic N) is 5. The molecule has 0 saturated carbocycles. The number of hydrogen-bond acceptors (Lipinski definition) is 6. The van der Waals surface area contributed by atoms with Gasteiger partial charge in [-0.15, -0.1) is 5.10 Å². The number of carbonyl (C=O) groups is 1. The molecule has 0 spiro atoms. The maximum Gasteiger partial charge on any atom is 0.316 e. The second kappa shape index (κ2) is 5.49. The van der Waals surface area contributed by atoms with E-state index in [-0.39, 0.29) is 0 Å². The Morgan fingerprint density at radius 1 is 1.29 bits per heavy atom. The Labute approximate surface area is 124 Å². The second-order valence-electron chi connectivity index (χ2n) is 4.29. The largest absolute Gasteiger partial charge is 0.480 e. The third-order valence-corrected chi connectivity index (χ3v) is 3.92. The lowest BCUT2D eigenvalue weighted by Crippen LogP contribution is -2.11. The quantitative estimate of drug-likeness (QED) is 0.579. The highest BCUT2D eigenvalue weighted by atomic mass is 32.2. The van der Waals surface area contributed by atoms with Crippen molar-refractivity contribution in [2.24, 2.45) is 0 Å². The zero-order valence-electron chi connectivity index (χ0n) is 11.0. The molecule has 8 heteroatoms. The first-order valence-electron chi connectivity index (χ1n) is 6.18. The van der Waals surface area contributed by atoms with Crippen LogP contribution in [-0.4, -0.2) is 41.3 Å². The molecule has 3 rings (SSSR count). The Morgan fingerprint density at radius 2 is 2.05 bits per heavy atom. The Kier molecular flexibility index (Phi) is 3.53. The van der Waals surface area contributed by atoms with Crippen LogP contribution in [0.5, 0.6) is 0 Å². The van der Waals surface area contributed by atoms with Crippen molar-refractivity contribution in [2.45, 2.75) is 17.2 Å². The van der Waals surface area contributed by atoms with Gasteiger partial charge in [-0.1, -0.05) is 35.2 Å². The molecule has 0 aliphatic rings. The zero-order chi connectivity index (χ0) is 14.8. The number of aromatic nitrogens is 5. The monoisotopic (exact) mass is 301 g/mol. The highest BCUT2D eigenvalue weighted by Crippen LogP contribution is 2.27. The van der Waals surface area contributed by atoms with E-state index < -0.39 is 11.2 Å². The average Bonchev–Trinajstić information content (AvgIpc) is 2.93. The summed E-state index contributed by atoms with van der Waals surface area (Å²) < 4.78 is 1.60. The van der Waals surface area contributed by atoms with Crippen molar-refractivity contribution in [1.29, 1.82) is 0 Å². The van der Waals surface area contributed by atoms with E-state index in [2.05, 4.69) is 20.3 Å². The van der Waals surface area contributed by atoms with E-state index >= 15 is 0 Å². The van der Waals surface area contributed by atoms with Crippen molar-refractivity contribution >= 4 is 28.9 Å². The topological polar surface area (TPSA) is 93.8 Å². The molecule has 0 fully saturated rings. The molecule has 1 N–H and O–H groups in total. The molecule has 0 amide bonds. The predicted octanol–water partition coefficient (Wildman–Crippen LogP) is 1.78. The number of rotatable bonds is 4. The molecule has 0 aliphatic heterocycles. The van der Waals surface area contributed by atoms with Crippen LogP contribution < -0.4 is 0 Å². The standard InChI is InChI=1S/C13H11N5O2S/c1-8(13(19)20)21-12-10-11(14-7-15-12)18(17-16-10)9-5-3-2-4-6-9/h2-8H,1H3,(H,19,20). The van der Waals surface area contributed by atoms with Gasteiger partial charge in [0, 0.05) is 0 Å². The molecular formula is C13H11N5O2S. The fraction of sp³-hybridized carbons (Fsp3) is 0.154. The molecule has 0 radical (unpaired) electrons. The first-order chi connectivity index (χ1) is 10.2. The van der Waals surface area contributed by atoms with E-state index in [0.717, 1.165) is 17.4 Å². The van der Waals surface area contributed by atoms with Crippen LogP contribution in [0.1, 0.15) is 6.92 Å². The van der Waals surface area contributed by atoms with E-state index in [1.54, 1.807) is 11.6 Å². The summed E-state index contributed by atoms with van der Waals surface area (Å²) in [6.07, 6.45) is 1.39. The Hall–Kier alpha value is -2.48. The zero-order valence-corrected chi connectivity index (χ0v) is 11.9. The highest BCUT2D eigenvalue weighted by molar-refractivity contribution is 8.00. The van der Waals surface area contributed by atoms with E-state index in [1.165, 1.54) is 6.33 Å². The molecular weight excluding hydrogens is 290 g/mol. The van der Waals surface area contributed by atoms with Gasteiger partial charge in [-0.25, -0.2) is 9.97 Å². The smallest absolute Gasteiger partial charge is 0.316 e. The average molecular weight is 301 g/mol. The Bertz CT molecular complexity index is 790. The fourth-order valence-electron chi connectivity index (χ4n) is 1.78. The second-order valence-corrected chi connectivity index (χ2v) is 5.62. The number of carboxylic acid groups (broad SMARTS) is 1. The van der Waals surface area contributed by atoms with Crippen LogP contribution in [0, 0.1) is 0 Å². The number of thioether (sulfide) groups is 1. The van der Waals surface area contributed by atoms with Crippen molar-refractivity contribution in [3.8, 4) is 5.69 Å². The van der Waals surface area contributed by atoms with E-state index in [1.807, 2.05) is 30.3 Å². The van der Waals surface area contributed by atoms with E-state index in [4.69, 9.17) is 5.11 Å². The van der Waals surface area contributed by atoms with E-state index in [0.29, 0.717) is 16.2 Å². The fourth-order valence-corrected chi connectivity index (χ4v) is 2.56. The van der Waals surface area contributed by atoms with Gasteiger partial charge < -0.3 is 5.11 Å². The third kappa shape index (κ3) is 2.57. The summed E-state index contributed by atoms with van der Waals surface area (Å²) in [6, 6.07) is 9.48. The minimum atomic E-state index is -0.901. The van der Waals surface area contributed by atoms with Gasteiger partial charge in [-0.05, 0) is 19.1 Å². The molecule has 21 heavy (non-hydrogen) atoms. The van der Waals surface area contributed by atoms with Crippen molar-refractivity contribution in [1.82, 2.24) is 25.0 Å². The van der Waals surface area contributed by atoms with Crippen LogP contribution in [0.4, 0.5) is 0 Å². The SMILES string of the molecule is CC(Sc1ncnc2c1nnn2-c1ccccc1)C(=O)O. The lowest BCUT2D eigenvalue weighted by atomic mass is 10.3. The number of hydrogen-bond donors (Lipinski definition) is 1. The number of benzene rings is 1. The summed E-state index contributed by atoms with van der Waals surface area (Å²) in [7, 11) is 0. The number of aliphatic carboxylic acids is 1. The normalized spacial score (nSPS) is 12.4. The molecule has 0 aliphatic carbocycles. The number of fused-ring (bicyclic) bond motifs is 1. The van der Waals surface area contributed by atoms with Crippen molar-refractivity contribution < 1.29 is 9.90 Å². The van der Waals surface area contributed by atoms with Gasteiger partial charge in [0.2, 0.25) is 0 Å². The Morgan fingerprint density at radius 3 is 2.76 bits per heavy atom. The molecule has 0 saturated heterocycles. The summed E-state index contributed by atoms with van der Waals surface area (Å²) in [4.78, 5) is 19.3.